The van der Waals surface area contributed by atoms with Gasteiger partial charge in [-0.15, -0.1) is 0 Å². The molecule has 0 saturated heterocycles. The van der Waals surface area contributed by atoms with Crippen LogP contribution in [0.4, 0.5) is 0 Å². The molecular weight excluding hydrogens is 360 g/mol. The molecule has 140 valence electrons. The van der Waals surface area contributed by atoms with Gasteiger partial charge in [-0.1, -0.05) is 6.07 Å². The van der Waals surface area contributed by atoms with E-state index < -0.39 is 11.4 Å². The normalized spacial score (nSPS) is 17.9. The van der Waals surface area contributed by atoms with E-state index in [-0.39, 0.29) is 11.5 Å². The van der Waals surface area contributed by atoms with E-state index in [1.54, 1.807) is 18.2 Å². The zero-order chi connectivity index (χ0) is 19.0. The predicted octanol–water partition coefficient (Wildman–Crippen LogP) is 3.39. The Morgan fingerprint density at radius 3 is 2.04 bits per heavy atom. The van der Waals surface area contributed by atoms with Gasteiger partial charge in [-0.2, -0.15) is 0 Å². The molecule has 2 unspecified atom stereocenters. The number of phenolic OH excluding ortho intramolecular Hbond substituents is 1. The number of aliphatic hydroxyl groups is 1. The number of hydrogen-bond donors (Lipinski definition) is 3. The minimum atomic E-state index is -1.05. The molecule has 0 bridgehead atoms. The minimum absolute atomic E-state index is 0.109. The Bertz CT molecular complexity index is 837. The third-order valence-electron chi connectivity index (χ3n) is 4.53. The molecule has 0 amide bonds. The van der Waals surface area contributed by atoms with Crippen molar-refractivity contribution in [1.82, 2.24) is 0 Å². The van der Waals surface area contributed by atoms with Crippen molar-refractivity contribution >= 4 is 12.0 Å². The van der Waals surface area contributed by atoms with Crippen molar-refractivity contribution < 1.29 is 33.7 Å². The zero-order valence-corrected chi connectivity index (χ0v) is 15.6. The summed E-state index contributed by atoms with van der Waals surface area (Å²) in [4.78, 5) is 0. The van der Waals surface area contributed by atoms with E-state index >= 15 is 0 Å². The fourth-order valence-electron chi connectivity index (χ4n) is 3.37. The van der Waals surface area contributed by atoms with Gasteiger partial charge in [-0.25, -0.2) is 0 Å². The van der Waals surface area contributed by atoms with Crippen LogP contribution in [0.1, 0.15) is 22.5 Å². The first-order valence-electron chi connectivity index (χ1n) is 7.75. The van der Waals surface area contributed by atoms with E-state index in [1.165, 1.54) is 28.4 Å². The smallest absolute Gasteiger partial charge is 0.203 e. The molecule has 8 heteroatoms. The topological polar surface area (TPSA) is 97.6 Å². The van der Waals surface area contributed by atoms with Gasteiger partial charge in [0.1, 0.15) is 0 Å². The molecule has 0 saturated carbocycles. The number of phenols is 1. The Morgan fingerprint density at radius 2 is 1.50 bits per heavy atom. The maximum atomic E-state index is 10.8. The number of hydrogen-bond acceptors (Lipinski definition) is 8. The van der Waals surface area contributed by atoms with Crippen LogP contribution >= 0.6 is 12.0 Å². The second-order valence-electron chi connectivity index (χ2n) is 5.66. The number of benzene rings is 2. The van der Waals surface area contributed by atoms with E-state index in [4.69, 9.17) is 18.9 Å². The standard InChI is InChI=1S/C18H20O7S/c1-22-10-6-5-8-12(15(10)20)13-9(14(19)18(8)26-21)7-11(23-2)16(24-3)17(13)25-4/h5-7,14,18-21H,1-4H3. The molecule has 2 aromatic rings. The largest absolute Gasteiger partial charge is 0.504 e. The number of rotatable bonds is 5. The van der Waals surface area contributed by atoms with Gasteiger partial charge in [0.2, 0.25) is 5.75 Å². The minimum Gasteiger partial charge on any atom is -0.504 e. The Kier molecular flexibility index (Phi) is 5.08. The molecule has 0 fully saturated rings. The average molecular weight is 380 g/mol. The summed E-state index contributed by atoms with van der Waals surface area (Å²) in [6.07, 6.45) is -1.05. The second kappa shape index (κ2) is 7.14. The number of fused-ring (bicyclic) bond motifs is 3. The molecule has 2 aromatic carbocycles. The van der Waals surface area contributed by atoms with Crippen LogP contribution in [-0.2, 0) is 0 Å². The third-order valence-corrected chi connectivity index (χ3v) is 5.27. The molecule has 1 aliphatic carbocycles. The SMILES string of the molecule is COc1ccc2c(c1O)-c1c(cc(OC)c(OC)c1OC)C(O)C2SO. The fraction of sp³-hybridized carbons (Fsp3) is 0.333. The monoisotopic (exact) mass is 380 g/mol. The molecule has 0 radical (unpaired) electrons. The van der Waals surface area contributed by atoms with Crippen molar-refractivity contribution in [2.75, 3.05) is 28.4 Å². The van der Waals surface area contributed by atoms with Crippen LogP contribution < -0.4 is 18.9 Å². The van der Waals surface area contributed by atoms with Crippen LogP contribution in [0.15, 0.2) is 18.2 Å². The number of aromatic hydroxyl groups is 1. The highest BCUT2D eigenvalue weighted by atomic mass is 32.2. The molecular formula is C18H20O7S. The Balaban J connectivity index is 2.46. The van der Waals surface area contributed by atoms with Crippen molar-refractivity contribution in [2.45, 2.75) is 11.4 Å². The van der Waals surface area contributed by atoms with E-state index in [0.29, 0.717) is 51.5 Å². The van der Waals surface area contributed by atoms with E-state index in [2.05, 4.69) is 0 Å². The van der Waals surface area contributed by atoms with Gasteiger partial charge in [-0.05, 0) is 35.3 Å². The summed E-state index contributed by atoms with van der Waals surface area (Å²) >= 11 is 0.504. The van der Waals surface area contributed by atoms with E-state index in [0.717, 1.165) is 0 Å². The Morgan fingerprint density at radius 1 is 0.846 bits per heavy atom. The van der Waals surface area contributed by atoms with Gasteiger partial charge in [0.25, 0.3) is 0 Å². The lowest BCUT2D eigenvalue weighted by Crippen LogP contribution is -2.17. The maximum absolute atomic E-state index is 10.8. The maximum Gasteiger partial charge on any atom is 0.203 e. The predicted molar refractivity (Wildman–Crippen MR) is 97.7 cm³/mol. The van der Waals surface area contributed by atoms with Crippen molar-refractivity contribution in [2.24, 2.45) is 0 Å². The van der Waals surface area contributed by atoms with Crippen LogP contribution in [0.2, 0.25) is 0 Å². The summed E-state index contributed by atoms with van der Waals surface area (Å²) in [6.45, 7) is 0. The summed E-state index contributed by atoms with van der Waals surface area (Å²) in [5.41, 5.74) is 1.88. The first-order chi connectivity index (χ1) is 12.5. The quantitative estimate of drug-likeness (QED) is 0.679. The molecule has 0 spiro atoms. The van der Waals surface area contributed by atoms with Gasteiger partial charge >= 0.3 is 0 Å². The first kappa shape index (κ1) is 18.5. The highest BCUT2D eigenvalue weighted by Gasteiger charge is 2.39. The lowest BCUT2D eigenvalue weighted by Gasteiger charge is -2.33. The number of ether oxygens (including phenoxy) is 4. The van der Waals surface area contributed by atoms with Crippen molar-refractivity contribution in [3.63, 3.8) is 0 Å². The molecule has 3 N–H and O–H groups in total. The molecule has 0 heterocycles. The fourth-order valence-corrected chi connectivity index (χ4v) is 3.94. The summed E-state index contributed by atoms with van der Waals surface area (Å²) in [7, 11) is 5.87. The average Bonchev–Trinajstić information content (AvgIpc) is 2.66. The van der Waals surface area contributed by atoms with Gasteiger partial charge in [0.15, 0.2) is 23.0 Å². The highest BCUT2D eigenvalue weighted by molar-refractivity contribution is 7.94. The number of aliphatic hydroxyl groups excluding tert-OH is 1. The van der Waals surface area contributed by atoms with E-state index in [9.17, 15) is 14.8 Å². The van der Waals surface area contributed by atoms with Gasteiger partial charge in [0, 0.05) is 11.1 Å². The van der Waals surface area contributed by atoms with Crippen LogP contribution in [-0.4, -0.2) is 43.2 Å². The van der Waals surface area contributed by atoms with Crippen LogP contribution in [0.25, 0.3) is 11.1 Å². The molecule has 7 nitrogen and oxygen atoms in total. The van der Waals surface area contributed by atoms with Crippen LogP contribution in [0, 0.1) is 0 Å². The summed E-state index contributed by atoms with van der Waals surface area (Å²) < 4.78 is 31.3. The van der Waals surface area contributed by atoms with Gasteiger partial charge in [-0.3, -0.25) is 0 Å². The van der Waals surface area contributed by atoms with Crippen molar-refractivity contribution in [1.29, 1.82) is 0 Å². The number of methoxy groups -OCH3 is 4. The first-order valence-corrected chi connectivity index (χ1v) is 8.58. The molecule has 1 aliphatic rings. The molecule has 0 aliphatic heterocycles. The molecule has 2 atom stereocenters. The molecule has 0 aromatic heterocycles. The summed E-state index contributed by atoms with van der Waals surface area (Å²) in [6, 6.07) is 4.90. The third kappa shape index (κ3) is 2.53. The lowest BCUT2D eigenvalue weighted by atomic mass is 9.81. The molecule has 3 rings (SSSR count). The lowest BCUT2D eigenvalue weighted by molar-refractivity contribution is 0.170. The van der Waals surface area contributed by atoms with E-state index in [1.807, 2.05) is 0 Å². The zero-order valence-electron chi connectivity index (χ0n) is 14.8. The van der Waals surface area contributed by atoms with Crippen LogP contribution in [0.5, 0.6) is 28.7 Å². The second-order valence-corrected chi connectivity index (χ2v) is 6.38. The molecule has 26 heavy (non-hydrogen) atoms. The van der Waals surface area contributed by atoms with Gasteiger partial charge in [0.05, 0.1) is 39.8 Å². The summed E-state index contributed by atoms with van der Waals surface area (Å²) in [5.74, 6) is 1.18. The Labute approximate surface area is 155 Å². The highest BCUT2D eigenvalue weighted by Crippen LogP contribution is 2.60. The summed E-state index contributed by atoms with van der Waals surface area (Å²) in [5, 5.41) is 20.9. The van der Waals surface area contributed by atoms with Gasteiger partial charge < -0.3 is 33.7 Å². The van der Waals surface area contributed by atoms with Crippen molar-refractivity contribution in [3.8, 4) is 39.9 Å². The van der Waals surface area contributed by atoms with Crippen LogP contribution in [0.3, 0.4) is 0 Å². The Hall–Kier alpha value is -2.29. The van der Waals surface area contributed by atoms with Crippen molar-refractivity contribution in [3.05, 3.63) is 29.3 Å².